The molecule has 0 unspecified atom stereocenters. The van der Waals surface area contributed by atoms with Crippen LogP contribution in [0, 0.1) is 11.3 Å². The molecule has 5 rings (SSSR count). The predicted octanol–water partition coefficient (Wildman–Crippen LogP) is 6.06. The Hall–Kier alpha value is -4.17. The lowest BCUT2D eigenvalue weighted by Gasteiger charge is -2.25. The Labute approximate surface area is 271 Å². The Morgan fingerprint density at radius 1 is 1.18 bits per heavy atom. The van der Waals surface area contributed by atoms with E-state index in [9.17, 15) is 9.59 Å². The first-order valence-corrected chi connectivity index (χ1v) is 15.6. The fraction of sp³-hybridized carbons (Fsp3) is 0.212. The minimum atomic E-state index is -0.740. The Bertz CT molecular complexity index is 1990. The van der Waals surface area contributed by atoms with Gasteiger partial charge in [0, 0.05) is 5.02 Å². The molecule has 0 radical (unpaired) electrons. The summed E-state index contributed by atoms with van der Waals surface area (Å²) in [7, 11) is 1.54. The van der Waals surface area contributed by atoms with Crippen LogP contribution in [0.2, 0.25) is 5.02 Å². The number of hydrogen-bond acceptors (Lipinski definition) is 8. The van der Waals surface area contributed by atoms with Gasteiger partial charge in [-0.2, -0.15) is 5.26 Å². The summed E-state index contributed by atoms with van der Waals surface area (Å²) in [4.78, 5) is 32.4. The topological polar surface area (TPSA) is 103 Å². The van der Waals surface area contributed by atoms with Gasteiger partial charge in [-0.1, -0.05) is 47.2 Å². The SMILES string of the molecule is COc1cc(/C=c2/sc3n(c2=O)[C@@H](c2ccc(Cl)cc2)C(C(=O)OC(C)C)=C(C)N=3)cc(Br)c1OCc1ccc(C#N)cc1. The van der Waals surface area contributed by atoms with Crippen molar-refractivity contribution in [2.45, 2.75) is 39.5 Å². The van der Waals surface area contributed by atoms with Gasteiger partial charge in [0.15, 0.2) is 16.3 Å². The van der Waals surface area contributed by atoms with Gasteiger partial charge >= 0.3 is 5.97 Å². The summed E-state index contributed by atoms with van der Waals surface area (Å²) >= 11 is 11.0. The smallest absolute Gasteiger partial charge is 0.338 e. The lowest BCUT2D eigenvalue weighted by molar-refractivity contribution is -0.143. The van der Waals surface area contributed by atoms with Crippen molar-refractivity contribution in [3.8, 4) is 17.6 Å². The second-order valence-electron chi connectivity index (χ2n) is 10.2. The number of allylic oxidation sites excluding steroid dienone is 1. The highest BCUT2D eigenvalue weighted by Crippen LogP contribution is 2.37. The van der Waals surface area contributed by atoms with Crippen molar-refractivity contribution in [3.63, 3.8) is 0 Å². The molecule has 0 amide bonds. The lowest BCUT2D eigenvalue weighted by Crippen LogP contribution is -2.40. The van der Waals surface area contributed by atoms with Gasteiger partial charge in [0.05, 0.1) is 51.2 Å². The lowest BCUT2D eigenvalue weighted by atomic mass is 9.96. The van der Waals surface area contributed by atoms with Gasteiger partial charge in [0.1, 0.15) is 6.61 Å². The van der Waals surface area contributed by atoms with Crippen molar-refractivity contribution in [3.05, 3.63) is 123 Å². The first-order chi connectivity index (χ1) is 21.1. The molecule has 3 aromatic carbocycles. The van der Waals surface area contributed by atoms with E-state index in [1.54, 1.807) is 76.4 Å². The van der Waals surface area contributed by atoms with Crippen LogP contribution in [0.3, 0.4) is 0 Å². The summed E-state index contributed by atoms with van der Waals surface area (Å²) in [5.74, 6) is 0.448. The molecule has 44 heavy (non-hydrogen) atoms. The maximum atomic E-state index is 14.0. The molecule has 1 aromatic heterocycles. The molecule has 8 nitrogen and oxygen atoms in total. The van der Waals surface area contributed by atoms with Crippen LogP contribution in [0.25, 0.3) is 6.08 Å². The van der Waals surface area contributed by atoms with Crippen LogP contribution >= 0.6 is 38.9 Å². The summed E-state index contributed by atoms with van der Waals surface area (Å²) in [5.41, 5.74) is 3.36. The highest BCUT2D eigenvalue weighted by atomic mass is 79.9. The Morgan fingerprint density at radius 2 is 1.89 bits per heavy atom. The van der Waals surface area contributed by atoms with E-state index in [1.165, 1.54) is 15.9 Å². The molecule has 0 aliphatic carbocycles. The van der Waals surface area contributed by atoms with Crippen molar-refractivity contribution >= 4 is 50.9 Å². The molecule has 11 heteroatoms. The summed E-state index contributed by atoms with van der Waals surface area (Å²) < 4.78 is 19.8. The number of rotatable bonds is 8. The average molecular weight is 693 g/mol. The number of methoxy groups -OCH3 is 1. The minimum Gasteiger partial charge on any atom is -0.493 e. The number of hydrogen-bond donors (Lipinski definition) is 0. The van der Waals surface area contributed by atoms with E-state index in [-0.39, 0.29) is 18.3 Å². The number of carbonyl (C=O) groups is 1. The number of benzene rings is 3. The highest BCUT2D eigenvalue weighted by Gasteiger charge is 2.33. The van der Waals surface area contributed by atoms with E-state index in [4.69, 9.17) is 31.1 Å². The number of thiazole rings is 1. The molecule has 224 valence electrons. The molecule has 1 aliphatic rings. The first-order valence-electron chi connectivity index (χ1n) is 13.6. The molecular formula is C33H27BrClN3O5S. The van der Waals surface area contributed by atoms with Gasteiger partial charge in [-0.25, -0.2) is 9.79 Å². The van der Waals surface area contributed by atoms with Crippen molar-refractivity contribution in [1.82, 2.24) is 4.57 Å². The van der Waals surface area contributed by atoms with Crippen LogP contribution in [0.1, 0.15) is 49.1 Å². The number of ether oxygens (including phenoxy) is 3. The number of fused-ring (bicyclic) bond motifs is 1. The molecule has 1 aliphatic heterocycles. The fourth-order valence-electron chi connectivity index (χ4n) is 4.77. The quantitative estimate of drug-likeness (QED) is 0.208. The molecule has 0 spiro atoms. The minimum absolute atomic E-state index is 0.268. The first kappa shape index (κ1) is 31.3. The zero-order chi connectivity index (χ0) is 31.5. The maximum absolute atomic E-state index is 14.0. The fourth-order valence-corrected chi connectivity index (χ4v) is 6.51. The second-order valence-corrected chi connectivity index (χ2v) is 12.5. The van der Waals surface area contributed by atoms with E-state index in [1.807, 2.05) is 18.2 Å². The zero-order valence-electron chi connectivity index (χ0n) is 24.3. The summed E-state index contributed by atoms with van der Waals surface area (Å²) in [6.07, 6.45) is 1.41. The Balaban J connectivity index is 1.55. The molecule has 0 saturated carbocycles. The molecule has 0 fully saturated rings. The van der Waals surface area contributed by atoms with Gasteiger partial charge in [0.2, 0.25) is 0 Å². The monoisotopic (exact) mass is 691 g/mol. The van der Waals surface area contributed by atoms with Gasteiger partial charge in [0.25, 0.3) is 5.56 Å². The summed E-state index contributed by atoms with van der Waals surface area (Å²) in [6.45, 7) is 5.56. The molecule has 2 heterocycles. The van der Waals surface area contributed by atoms with E-state index >= 15 is 0 Å². The highest BCUT2D eigenvalue weighted by molar-refractivity contribution is 9.10. The number of esters is 1. The maximum Gasteiger partial charge on any atom is 0.338 e. The Kier molecular flexibility index (Phi) is 9.39. The van der Waals surface area contributed by atoms with Crippen molar-refractivity contribution in [2.24, 2.45) is 4.99 Å². The molecular weight excluding hydrogens is 666 g/mol. The van der Waals surface area contributed by atoms with Crippen LogP contribution in [0.5, 0.6) is 11.5 Å². The molecule has 4 aromatic rings. The van der Waals surface area contributed by atoms with E-state index < -0.39 is 12.0 Å². The predicted molar refractivity (Wildman–Crippen MR) is 173 cm³/mol. The summed E-state index contributed by atoms with van der Waals surface area (Å²) in [5, 5.41) is 9.57. The van der Waals surface area contributed by atoms with Crippen LogP contribution in [-0.2, 0) is 16.1 Å². The van der Waals surface area contributed by atoms with Crippen molar-refractivity contribution in [1.29, 1.82) is 5.26 Å². The molecule has 1 atom stereocenters. The van der Waals surface area contributed by atoms with Crippen LogP contribution in [0.4, 0.5) is 0 Å². The van der Waals surface area contributed by atoms with Gasteiger partial charge in [-0.3, -0.25) is 9.36 Å². The number of aromatic nitrogens is 1. The third-order valence-corrected chi connectivity index (χ3v) is 8.61. The Morgan fingerprint density at radius 3 is 2.52 bits per heavy atom. The third-order valence-electron chi connectivity index (χ3n) is 6.79. The van der Waals surface area contributed by atoms with Gasteiger partial charge in [-0.05, 0) is 95.9 Å². The van der Waals surface area contributed by atoms with Gasteiger partial charge < -0.3 is 14.2 Å². The molecule has 0 bridgehead atoms. The second kappa shape index (κ2) is 13.2. The van der Waals surface area contributed by atoms with Crippen molar-refractivity contribution in [2.75, 3.05) is 7.11 Å². The normalized spacial score (nSPS) is 14.6. The standard InChI is InChI=1S/C33H27BrClN3O5S/c1-18(2)43-32(40)28-19(3)37-33-38(29(28)23-9-11-24(35)12-10-23)31(39)27(44-33)15-22-13-25(34)30(26(14-22)41-4)42-17-21-7-5-20(16-36)6-8-21/h5-15,18,29H,17H2,1-4H3/b27-15+/t29-/m0/s1. The number of carbonyl (C=O) groups excluding carboxylic acids is 1. The van der Waals surface area contributed by atoms with E-state index in [0.717, 1.165) is 5.56 Å². The van der Waals surface area contributed by atoms with E-state index in [2.05, 4.69) is 27.0 Å². The number of nitriles is 1. The van der Waals surface area contributed by atoms with E-state index in [0.29, 0.717) is 58.3 Å². The van der Waals surface area contributed by atoms with Crippen LogP contribution in [0.15, 0.2) is 86.2 Å². The summed E-state index contributed by atoms with van der Waals surface area (Å²) in [6, 6.07) is 19.2. The molecule has 0 saturated heterocycles. The third kappa shape index (κ3) is 6.50. The van der Waals surface area contributed by atoms with Crippen LogP contribution < -0.4 is 24.4 Å². The average Bonchev–Trinajstić information content (AvgIpc) is 3.29. The number of nitrogens with zero attached hydrogens (tertiary/aromatic N) is 3. The van der Waals surface area contributed by atoms with Crippen LogP contribution in [-0.4, -0.2) is 23.8 Å². The van der Waals surface area contributed by atoms with Gasteiger partial charge in [-0.15, -0.1) is 0 Å². The zero-order valence-corrected chi connectivity index (χ0v) is 27.4. The molecule has 0 N–H and O–H groups in total. The largest absolute Gasteiger partial charge is 0.493 e. The number of halogens is 2. The van der Waals surface area contributed by atoms with Crippen molar-refractivity contribution < 1.29 is 19.0 Å².